The predicted molar refractivity (Wildman–Crippen MR) is 84.0 cm³/mol. The van der Waals surface area contributed by atoms with Gasteiger partial charge in [-0.3, -0.25) is 4.98 Å². The van der Waals surface area contributed by atoms with Gasteiger partial charge in [-0.25, -0.2) is 0 Å². The molecule has 1 atom stereocenters. The Bertz CT molecular complexity index is 556. The molecule has 0 bridgehead atoms. The molecule has 0 fully saturated rings. The van der Waals surface area contributed by atoms with Crippen LogP contribution in [-0.4, -0.2) is 18.1 Å². The minimum atomic E-state index is 0.273. The SMILES string of the molecule is c1cncc(CNCCOC2CCCc3ccccc32)c1. The Morgan fingerprint density at radius 2 is 2.14 bits per heavy atom. The van der Waals surface area contributed by atoms with Crippen LogP contribution in [0.5, 0.6) is 0 Å². The van der Waals surface area contributed by atoms with Gasteiger partial charge in [0.1, 0.15) is 0 Å². The summed E-state index contributed by atoms with van der Waals surface area (Å²) in [5, 5.41) is 3.40. The second-order valence-corrected chi connectivity index (χ2v) is 5.49. The molecule has 0 aliphatic heterocycles. The Labute approximate surface area is 126 Å². The Morgan fingerprint density at radius 1 is 1.19 bits per heavy atom. The molecule has 1 aliphatic rings. The first-order chi connectivity index (χ1) is 10.4. The first-order valence-electron chi connectivity index (χ1n) is 7.72. The van der Waals surface area contributed by atoms with Crippen molar-refractivity contribution in [3.63, 3.8) is 0 Å². The number of aryl methyl sites for hydroxylation is 1. The summed E-state index contributed by atoms with van der Waals surface area (Å²) >= 11 is 0. The monoisotopic (exact) mass is 282 g/mol. The maximum absolute atomic E-state index is 6.07. The van der Waals surface area contributed by atoms with E-state index >= 15 is 0 Å². The van der Waals surface area contributed by atoms with Crippen molar-refractivity contribution >= 4 is 0 Å². The maximum Gasteiger partial charge on any atom is 0.0828 e. The van der Waals surface area contributed by atoms with Crippen LogP contribution >= 0.6 is 0 Å². The number of ether oxygens (including phenoxy) is 1. The van der Waals surface area contributed by atoms with Crippen LogP contribution in [0.15, 0.2) is 48.8 Å². The third-order valence-corrected chi connectivity index (χ3v) is 3.96. The van der Waals surface area contributed by atoms with E-state index in [1.165, 1.54) is 29.5 Å². The van der Waals surface area contributed by atoms with E-state index in [-0.39, 0.29) is 6.10 Å². The standard InChI is InChI=1S/C18H22N2O/c1-2-8-17-16(6-1)7-3-9-18(17)21-12-11-20-14-15-5-4-10-19-13-15/h1-2,4-6,8,10,13,18,20H,3,7,9,11-12,14H2. The van der Waals surface area contributed by atoms with E-state index in [1.54, 1.807) is 6.20 Å². The van der Waals surface area contributed by atoms with E-state index in [9.17, 15) is 0 Å². The summed E-state index contributed by atoms with van der Waals surface area (Å²) in [4.78, 5) is 4.11. The molecule has 1 aromatic heterocycles. The van der Waals surface area contributed by atoms with Crippen LogP contribution in [0.3, 0.4) is 0 Å². The lowest BCUT2D eigenvalue weighted by molar-refractivity contribution is 0.0425. The highest BCUT2D eigenvalue weighted by molar-refractivity contribution is 5.31. The van der Waals surface area contributed by atoms with Gasteiger partial charge in [-0.2, -0.15) is 0 Å². The highest BCUT2D eigenvalue weighted by Crippen LogP contribution is 2.31. The first kappa shape index (κ1) is 14.2. The van der Waals surface area contributed by atoms with Gasteiger partial charge >= 0.3 is 0 Å². The van der Waals surface area contributed by atoms with Gasteiger partial charge in [-0.1, -0.05) is 30.3 Å². The van der Waals surface area contributed by atoms with Gasteiger partial charge in [-0.15, -0.1) is 0 Å². The molecule has 110 valence electrons. The zero-order valence-electron chi connectivity index (χ0n) is 12.3. The minimum absolute atomic E-state index is 0.273. The normalized spacial score (nSPS) is 17.4. The molecule has 1 aliphatic carbocycles. The minimum Gasteiger partial charge on any atom is -0.372 e. The fourth-order valence-electron chi connectivity index (χ4n) is 2.89. The van der Waals surface area contributed by atoms with Gasteiger partial charge < -0.3 is 10.1 Å². The van der Waals surface area contributed by atoms with Gasteiger partial charge in [0.15, 0.2) is 0 Å². The second kappa shape index (κ2) is 7.34. The Balaban J connectivity index is 1.42. The lowest BCUT2D eigenvalue weighted by Crippen LogP contribution is -2.22. The highest BCUT2D eigenvalue weighted by Gasteiger charge is 2.19. The molecule has 21 heavy (non-hydrogen) atoms. The highest BCUT2D eigenvalue weighted by atomic mass is 16.5. The summed E-state index contributed by atoms with van der Waals surface area (Å²) in [6, 6.07) is 12.7. The molecule has 3 nitrogen and oxygen atoms in total. The molecule has 0 saturated carbocycles. The molecular formula is C18H22N2O. The van der Waals surface area contributed by atoms with Crippen LogP contribution in [0.4, 0.5) is 0 Å². The number of aromatic nitrogens is 1. The van der Waals surface area contributed by atoms with Crippen LogP contribution in [0, 0.1) is 0 Å². The predicted octanol–water partition coefficient (Wildman–Crippen LogP) is 3.27. The van der Waals surface area contributed by atoms with Gasteiger partial charge in [0.05, 0.1) is 12.7 Å². The topological polar surface area (TPSA) is 34.2 Å². The maximum atomic E-state index is 6.07. The molecule has 1 aromatic carbocycles. The molecule has 0 amide bonds. The molecular weight excluding hydrogens is 260 g/mol. The van der Waals surface area contributed by atoms with E-state index in [0.29, 0.717) is 0 Å². The summed E-state index contributed by atoms with van der Waals surface area (Å²) < 4.78 is 6.07. The number of pyridine rings is 1. The fourth-order valence-corrected chi connectivity index (χ4v) is 2.89. The number of nitrogens with one attached hydrogen (secondary N) is 1. The van der Waals surface area contributed by atoms with Crippen molar-refractivity contribution in [1.29, 1.82) is 0 Å². The van der Waals surface area contributed by atoms with Gasteiger partial charge in [-0.05, 0) is 42.0 Å². The lowest BCUT2D eigenvalue weighted by Gasteiger charge is -2.25. The first-order valence-corrected chi connectivity index (χ1v) is 7.72. The smallest absolute Gasteiger partial charge is 0.0828 e. The number of fused-ring (bicyclic) bond motifs is 1. The zero-order valence-corrected chi connectivity index (χ0v) is 12.3. The summed E-state index contributed by atoms with van der Waals surface area (Å²) in [6.07, 6.45) is 7.52. The number of hydrogen-bond acceptors (Lipinski definition) is 3. The van der Waals surface area contributed by atoms with Crippen molar-refractivity contribution in [3.8, 4) is 0 Å². The van der Waals surface area contributed by atoms with E-state index in [0.717, 1.165) is 26.1 Å². The molecule has 1 heterocycles. The van der Waals surface area contributed by atoms with Crippen LogP contribution in [0.1, 0.15) is 35.6 Å². The molecule has 3 rings (SSSR count). The van der Waals surface area contributed by atoms with Gasteiger partial charge in [0.25, 0.3) is 0 Å². The van der Waals surface area contributed by atoms with Crippen molar-refractivity contribution in [3.05, 3.63) is 65.5 Å². The molecule has 3 heteroatoms. The summed E-state index contributed by atoms with van der Waals surface area (Å²) in [7, 11) is 0. The summed E-state index contributed by atoms with van der Waals surface area (Å²) in [5.74, 6) is 0. The Hall–Kier alpha value is -1.71. The zero-order chi connectivity index (χ0) is 14.3. The molecule has 0 saturated heterocycles. The lowest BCUT2D eigenvalue weighted by atomic mass is 9.89. The summed E-state index contributed by atoms with van der Waals surface area (Å²) in [6.45, 7) is 2.46. The third kappa shape index (κ3) is 3.90. The van der Waals surface area contributed by atoms with Crippen molar-refractivity contribution in [2.24, 2.45) is 0 Å². The van der Waals surface area contributed by atoms with E-state index in [2.05, 4.69) is 40.6 Å². The van der Waals surface area contributed by atoms with Crippen molar-refractivity contribution in [1.82, 2.24) is 10.3 Å². The fraction of sp³-hybridized carbons (Fsp3) is 0.389. The van der Waals surface area contributed by atoms with E-state index in [1.807, 2.05) is 12.3 Å². The second-order valence-electron chi connectivity index (χ2n) is 5.49. The van der Waals surface area contributed by atoms with Gasteiger partial charge in [0.2, 0.25) is 0 Å². The van der Waals surface area contributed by atoms with Crippen molar-refractivity contribution in [2.45, 2.75) is 31.9 Å². The van der Waals surface area contributed by atoms with Crippen LogP contribution in [0.25, 0.3) is 0 Å². The molecule has 0 spiro atoms. The number of benzene rings is 1. The third-order valence-electron chi connectivity index (χ3n) is 3.96. The van der Waals surface area contributed by atoms with Crippen molar-refractivity contribution in [2.75, 3.05) is 13.2 Å². The van der Waals surface area contributed by atoms with Crippen LogP contribution < -0.4 is 5.32 Å². The van der Waals surface area contributed by atoms with Crippen molar-refractivity contribution < 1.29 is 4.74 Å². The van der Waals surface area contributed by atoms with E-state index < -0.39 is 0 Å². The molecule has 1 N–H and O–H groups in total. The Morgan fingerprint density at radius 3 is 3.05 bits per heavy atom. The molecule has 1 unspecified atom stereocenters. The quantitative estimate of drug-likeness (QED) is 0.826. The molecule has 2 aromatic rings. The summed E-state index contributed by atoms with van der Waals surface area (Å²) in [5.41, 5.74) is 4.05. The average molecular weight is 282 g/mol. The molecule has 0 radical (unpaired) electrons. The van der Waals surface area contributed by atoms with Crippen LogP contribution in [-0.2, 0) is 17.7 Å². The Kier molecular flexibility index (Phi) is 4.98. The number of hydrogen-bond donors (Lipinski definition) is 1. The van der Waals surface area contributed by atoms with Crippen LogP contribution in [0.2, 0.25) is 0 Å². The van der Waals surface area contributed by atoms with Gasteiger partial charge in [0, 0.05) is 25.5 Å². The largest absolute Gasteiger partial charge is 0.372 e. The average Bonchev–Trinajstić information content (AvgIpc) is 2.56. The van der Waals surface area contributed by atoms with E-state index in [4.69, 9.17) is 4.74 Å². The number of rotatable bonds is 6. The number of nitrogens with zero attached hydrogens (tertiary/aromatic N) is 1.